The number of anilines is 1. The Hall–Kier alpha value is -2.82. The Morgan fingerprint density at radius 1 is 1.20 bits per heavy atom. The van der Waals surface area contributed by atoms with Crippen molar-refractivity contribution in [1.29, 1.82) is 0 Å². The van der Waals surface area contributed by atoms with Crippen molar-refractivity contribution in [2.45, 2.75) is 25.9 Å². The number of aromatic amines is 2. The van der Waals surface area contributed by atoms with Gasteiger partial charge in [0.1, 0.15) is 5.82 Å². The van der Waals surface area contributed by atoms with E-state index in [0.29, 0.717) is 37.4 Å². The van der Waals surface area contributed by atoms with Crippen LogP contribution in [0.2, 0.25) is 5.02 Å². The number of aryl methyl sites for hydroxylation is 1. The first-order valence-corrected chi connectivity index (χ1v) is 9.51. The number of hydrogen-bond donors (Lipinski definition) is 2. The molecule has 1 saturated heterocycles. The van der Waals surface area contributed by atoms with E-state index in [0.717, 1.165) is 12.3 Å². The predicted octanol–water partition coefficient (Wildman–Crippen LogP) is 1.72. The molecule has 12 heteroatoms. The third-order valence-corrected chi connectivity index (χ3v) is 5.20. The topological polar surface area (TPSA) is 102 Å². The minimum Gasteiger partial charge on any atom is -0.352 e. The molecule has 0 aliphatic carbocycles. The molecule has 0 spiro atoms. The van der Waals surface area contributed by atoms with Gasteiger partial charge in [-0.2, -0.15) is 13.2 Å². The number of hydrogen-bond acceptors (Lipinski definition) is 5. The van der Waals surface area contributed by atoms with Gasteiger partial charge < -0.3 is 14.8 Å². The molecule has 3 rings (SSSR count). The molecule has 2 aromatic rings. The molecule has 3 heterocycles. The van der Waals surface area contributed by atoms with Gasteiger partial charge in [0.25, 0.3) is 5.56 Å². The van der Waals surface area contributed by atoms with Crippen LogP contribution in [0.4, 0.5) is 19.0 Å². The Labute approximate surface area is 173 Å². The molecule has 30 heavy (non-hydrogen) atoms. The van der Waals surface area contributed by atoms with Crippen molar-refractivity contribution in [2.75, 3.05) is 31.1 Å². The van der Waals surface area contributed by atoms with E-state index < -0.39 is 23.0 Å². The lowest BCUT2D eigenvalue weighted by Crippen LogP contribution is -2.49. The van der Waals surface area contributed by atoms with Crippen molar-refractivity contribution in [1.82, 2.24) is 19.9 Å². The molecule has 1 aliphatic heterocycles. The number of pyridine rings is 1. The maximum absolute atomic E-state index is 12.8. The molecular formula is C18H19ClF3N5O3. The van der Waals surface area contributed by atoms with Crippen molar-refractivity contribution < 1.29 is 18.0 Å². The second-order valence-corrected chi connectivity index (χ2v) is 7.31. The van der Waals surface area contributed by atoms with Gasteiger partial charge in [0.15, 0.2) is 0 Å². The smallest absolute Gasteiger partial charge is 0.352 e. The zero-order valence-electron chi connectivity index (χ0n) is 16.0. The van der Waals surface area contributed by atoms with Crippen LogP contribution in [-0.2, 0) is 17.4 Å². The van der Waals surface area contributed by atoms with Crippen molar-refractivity contribution in [2.24, 2.45) is 0 Å². The molecule has 8 nitrogen and oxygen atoms in total. The van der Waals surface area contributed by atoms with Gasteiger partial charge in [-0.05, 0) is 19.4 Å². The summed E-state index contributed by atoms with van der Waals surface area (Å²) >= 11 is 5.98. The van der Waals surface area contributed by atoms with E-state index in [1.54, 1.807) is 16.7 Å². The van der Waals surface area contributed by atoms with E-state index >= 15 is 0 Å². The summed E-state index contributed by atoms with van der Waals surface area (Å²) in [5.74, 6) is 0.0817. The quantitative estimate of drug-likeness (QED) is 0.746. The van der Waals surface area contributed by atoms with E-state index in [4.69, 9.17) is 11.6 Å². The average Bonchev–Trinajstić information content (AvgIpc) is 2.66. The second kappa shape index (κ2) is 8.50. The lowest BCUT2D eigenvalue weighted by atomic mass is 10.1. The fourth-order valence-corrected chi connectivity index (χ4v) is 3.59. The van der Waals surface area contributed by atoms with Crippen LogP contribution in [0.5, 0.6) is 0 Å². The van der Waals surface area contributed by atoms with Crippen LogP contribution in [0.1, 0.15) is 23.2 Å². The summed E-state index contributed by atoms with van der Waals surface area (Å²) in [5.41, 5.74) is -1.26. The van der Waals surface area contributed by atoms with Gasteiger partial charge in [0, 0.05) is 50.1 Å². The number of carbonyl (C=O) groups is 1. The van der Waals surface area contributed by atoms with Gasteiger partial charge in [-0.1, -0.05) is 11.6 Å². The maximum Gasteiger partial charge on any atom is 0.417 e. The number of halogens is 4. The lowest BCUT2D eigenvalue weighted by molar-refractivity contribution is -0.137. The average molecular weight is 446 g/mol. The van der Waals surface area contributed by atoms with Gasteiger partial charge in [0.2, 0.25) is 5.91 Å². The molecule has 1 amide bonds. The number of aromatic nitrogens is 3. The Kier molecular flexibility index (Phi) is 6.20. The Balaban J connectivity index is 1.59. The maximum atomic E-state index is 12.8. The van der Waals surface area contributed by atoms with Crippen LogP contribution in [0.15, 0.2) is 21.9 Å². The van der Waals surface area contributed by atoms with E-state index in [1.807, 2.05) is 0 Å². The number of nitrogens with zero attached hydrogens (tertiary/aromatic N) is 3. The first-order chi connectivity index (χ1) is 14.1. The molecule has 0 saturated carbocycles. The van der Waals surface area contributed by atoms with Crippen molar-refractivity contribution in [3.05, 3.63) is 54.9 Å². The molecule has 1 fully saturated rings. The summed E-state index contributed by atoms with van der Waals surface area (Å²) in [6.45, 7) is 3.01. The van der Waals surface area contributed by atoms with Crippen molar-refractivity contribution >= 4 is 23.3 Å². The van der Waals surface area contributed by atoms with Crippen LogP contribution in [-0.4, -0.2) is 51.9 Å². The summed E-state index contributed by atoms with van der Waals surface area (Å²) in [6.07, 6.45) is -3.51. The van der Waals surface area contributed by atoms with Crippen LogP contribution >= 0.6 is 11.6 Å². The van der Waals surface area contributed by atoms with Crippen molar-refractivity contribution in [3.63, 3.8) is 0 Å². The van der Waals surface area contributed by atoms with E-state index in [1.165, 1.54) is 0 Å². The van der Waals surface area contributed by atoms with Gasteiger partial charge in [-0.3, -0.25) is 14.6 Å². The summed E-state index contributed by atoms with van der Waals surface area (Å²) < 4.78 is 38.3. The third-order valence-electron chi connectivity index (χ3n) is 4.92. The number of carbonyl (C=O) groups excluding carboxylic acids is 1. The molecule has 162 valence electrons. The number of alkyl halides is 3. The summed E-state index contributed by atoms with van der Waals surface area (Å²) in [7, 11) is 0. The van der Waals surface area contributed by atoms with Crippen LogP contribution < -0.4 is 16.1 Å². The first kappa shape index (κ1) is 21.9. The van der Waals surface area contributed by atoms with Gasteiger partial charge in [0.05, 0.1) is 10.6 Å². The number of H-pyrrole nitrogens is 2. The predicted molar refractivity (Wildman–Crippen MR) is 104 cm³/mol. The largest absolute Gasteiger partial charge is 0.417 e. The second-order valence-electron chi connectivity index (χ2n) is 6.91. The molecular weight excluding hydrogens is 427 g/mol. The normalized spacial score (nSPS) is 14.8. The number of piperazine rings is 1. The third kappa shape index (κ3) is 4.84. The molecule has 0 bridgehead atoms. The van der Waals surface area contributed by atoms with E-state index in [-0.39, 0.29) is 29.6 Å². The van der Waals surface area contributed by atoms with Crippen molar-refractivity contribution in [3.8, 4) is 0 Å². The Bertz CT molecular complexity index is 1060. The summed E-state index contributed by atoms with van der Waals surface area (Å²) in [6, 6.07) is 0.839. The zero-order chi connectivity index (χ0) is 22.1. The van der Waals surface area contributed by atoms with E-state index in [9.17, 15) is 27.6 Å². The molecule has 0 radical (unpaired) electrons. The number of nitrogens with one attached hydrogen (secondary N) is 2. The number of amides is 1. The fraction of sp³-hybridized carbons (Fsp3) is 0.444. The van der Waals surface area contributed by atoms with Gasteiger partial charge >= 0.3 is 11.9 Å². The number of rotatable bonds is 4. The molecule has 2 aromatic heterocycles. The molecule has 1 aliphatic rings. The summed E-state index contributed by atoms with van der Waals surface area (Å²) in [5, 5.41) is -0.0997. The van der Waals surface area contributed by atoms with Crippen LogP contribution in [0.25, 0.3) is 0 Å². The minimum absolute atomic E-state index is 0.0925. The highest BCUT2D eigenvalue weighted by atomic mass is 35.5. The Morgan fingerprint density at radius 2 is 1.87 bits per heavy atom. The summed E-state index contributed by atoms with van der Waals surface area (Å²) in [4.78, 5) is 47.4. The lowest BCUT2D eigenvalue weighted by Gasteiger charge is -2.36. The first-order valence-electron chi connectivity index (χ1n) is 9.14. The minimum atomic E-state index is -4.52. The molecule has 0 aromatic carbocycles. The van der Waals surface area contributed by atoms with Crippen LogP contribution in [0, 0.1) is 6.92 Å². The molecule has 2 N–H and O–H groups in total. The van der Waals surface area contributed by atoms with E-state index in [2.05, 4.69) is 15.0 Å². The highest BCUT2D eigenvalue weighted by molar-refractivity contribution is 6.33. The van der Waals surface area contributed by atoms with Gasteiger partial charge in [-0.15, -0.1) is 0 Å². The fourth-order valence-electron chi connectivity index (χ4n) is 3.30. The highest BCUT2D eigenvalue weighted by Gasteiger charge is 2.32. The Morgan fingerprint density at radius 3 is 2.43 bits per heavy atom. The zero-order valence-corrected chi connectivity index (χ0v) is 16.7. The SMILES string of the molecule is Cc1[nH]c(=O)[nH]c(=O)c1CCC(=O)N1CCN(c2ncc(C(F)(F)F)cc2Cl)CC1. The molecule has 0 atom stereocenters. The molecule has 0 unspecified atom stereocenters. The standard InChI is InChI=1S/C18H19ClF3N5O3/c1-10-12(16(29)25-17(30)24-10)2-3-14(28)26-4-6-27(7-5-26)15-13(19)8-11(9-23-15)18(20,21)22/h8-9H,2-7H2,1H3,(H2,24,25,29,30). The van der Waals surface area contributed by atoms with Crippen LogP contribution in [0.3, 0.4) is 0 Å². The highest BCUT2D eigenvalue weighted by Crippen LogP contribution is 2.33. The van der Waals surface area contributed by atoms with Gasteiger partial charge in [-0.25, -0.2) is 9.78 Å². The monoisotopic (exact) mass is 445 g/mol.